The van der Waals surface area contributed by atoms with Crippen molar-refractivity contribution in [3.8, 4) is 0 Å². The number of halogens is 1. The van der Waals surface area contributed by atoms with Crippen LogP contribution >= 0.6 is 11.6 Å². The van der Waals surface area contributed by atoms with Gasteiger partial charge >= 0.3 is 0 Å². The van der Waals surface area contributed by atoms with Gasteiger partial charge in [-0.05, 0) is 42.3 Å². The molecular formula is C20H19ClN2O3. The number of benzene rings is 1. The summed E-state index contributed by atoms with van der Waals surface area (Å²) in [5.41, 5.74) is 2.17. The van der Waals surface area contributed by atoms with Gasteiger partial charge in [0.2, 0.25) is 0 Å². The summed E-state index contributed by atoms with van der Waals surface area (Å²) in [6.45, 7) is 5.33. The normalized spacial score (nSPS) is 17.3. The molecule has 6 heteroatoms. The topological polar surface area (TPSA) is 70.5 Å². The van der Waals surface area contributed by atoms with Crippen molar-refractivity contribution in [2.45, 2.75) is 26.8 Å². The van der Waals surface area contributed by atoms with E-state index >= 15 is 0 Å². The van der Waals surface area contributed by atoms with Gasteiger partial charge < -0.3 is 5.11 Å². The Morgan fingerprint density at radius 1 is 1.23 bits per heavy atom. The molecule has 0 spiro atoms. The predicted molar refractivity (Wildman–Crippen MR) is 100 cm³/mol. The highest BCUT2D eigenvalue weighted by molar-refractivity contribution is 6.31. The van der Waals surface area contributed by atoms with Crippen LogP contribution in [0.5, 0.6) is 0 Å². The lowest BCUT2D eigenvalue weighted by molar-refractivity contribution is -0.119. The Kier molecular flexibility index (Phi) is 4.83. The van der Waals surface area contributed by atoms with Crippen molar-refractivity contribution < 1.29 is 14.7 Å². The lowest BCUT2D eigenvalue weighted by atomic mass is 9.91. The Balaban J connectivity index is 2.23. The number of aromatic nitrogens is 1. The molecule has 5 nitrogen and oxygen atoms in total. The molecule has 1 aliphatic heterocycles. The second-order valence-corrected chi connectivity index (χ2v) is 7.01. The molecule has 1 aliphatic rings. The molecule has 26 heavy (non-hydrogen) atoms. The first-order valence-corrected chi connectivity index (χ1v) is 8.67. The molecule has 1 atom stereocenters. The first kappa shape index (κ1) is 18.1. The lowest BCUT2D eigenvalue weighted by Gasteiger charge is -2.28. The maximum atomic E-state index is 12.9. The number of hydrogen-bond acceptors (Lipinski definition) is 4. The fourth-order valence-corrected chi connectivity index (χ4v) is 3.29. The molecule has 0 aliphatic carbocycles. The van der Waals surface area contributed by atoms with E-state index in [1.54, 1.807) is 56.6 Å². The van der Waals surface area contributed by atoms with Gasteiger partial charge in [-0.1, -0.05) is 31.5 Å². The van der Waals surface area contributed by atoms with Crippen molar-refractivity contribution in [3.05, 3.63) is 70.2 Å². The van der Waals surface area contributed by atoms with Gasteiger partial charge in [0, 0.05) is 29.0 Å². The zero-order chi connectivity index (χ0) is 19.0. The van der Waals surface area contributed by atoms with Crippen molar-refractivity contribution in [3.63, 3.8) is 0 Å². The number of rotatable bonds is 4. The van der Waals surface area contributed by atoms with Crippen LogP contribution in [0.2, 0.25) is 5.02 Å². The number of ketones is 1. The van der Waals surface area contributed by atoms with Crippen molar-refractivity contribution >= 4 is 29.0 Å². The van der Waals surface area contributed by atoms with Crippen LogP contribution in [0.3, 0.4) is 0 Å². The third kappa shape index (κ3) is 2.99. The summed E-state index contributed by atoms with van der Waals surface area (Å²) in [5.74, 6) is -1.74. The minimum Gasteiger partial charge on any atom is -0.503 e. The van der Waals surface area contributed by atoms with Gasteiger partial charge in [0.25, 0.3) is 5.91 Å². The maximum Gasteiger partial charge on any atom is 0.294 e. The zero-order valence-electron chi connectivity index (χ0n) is 14.7. The minimum absolute atomic E-state index is 0.107. The Labute approximate surface area is 156 Å². The average Bonchev–Trinajstić information content (AvgIpc) is 2.88. The molecular weight excluding hydrogens is 352 g/mol. The van der Waals surface area contributed by atoms with Crippen molar-refractivity contribution in [2.24, 2.45) is 5.92 Å². The third-order valence-corrected chi connectivity index (χ3v) is 4.69. The van der Waals surface area contributed by atoms with Gasteiger partial charge in [0.15, 0.2) is 11.5 Å². The number of hydrogen-bond donors (Lipinski definition) is 1. The third-order valence-electron chi connectivity index (χ3n) is 4.45. The molecule has 0 bridgehead atoms. The SMILES string of the molecule is Cc1ccc(Cl)cc1N1C(=O)C(O)=C(C(=O)C(C)C)C1c1ccncc1. The average molecular weight is 371 g/mol. The first-order valence-electron chi connectivity index (χ1n) is 8.30. The van der Waals surface area contributed by atoms with Crippen LogP contribution < -0.4 is 4.90 Å². The van der Waals surface area contributed by atoms with Gasteiger partial charge in [-0.2, -0.15) is 0 Å². The molecule has 2 aromatic rings. The van der Waals surface area contributed by atoms with E-state index in [4.69, 9.17) is 11.6 Å². The van der Waals surface area contributed by atoms with Crippen LogP contribution in [0.25, 0.3) is 0 Å². The second-order valence-electron chi connectivity index (χ2n) is 6.57. The molecule has 1 amide bonds. The minimum atomic E-state index is -0.724. The Morgan fingerprint density at radius 2 is 1.88 bits per heavy atom. The van der Waals surface area contributed by atoms with Crippen LogP contribution in [0.15, 0.2) is 54.1 Å². The summed E-state index contributed by atoms with van der Waals surface area (Å²) in [4.78, 5) is 31.1. The molecule has 0 fully saturated rings. The summed E-state index contributed by atoms with van der Waals surface area (Å²) >= 11 is 6.13. The highest BCUT2D eigenvalue weighted by atomic mass is 35.5. The highest BCUT2D eigenvalue weighted by Crippen LogP contribution is 2.43. The van der Waals surface area contributed by atoms with Crippen LogP contribution in [-0.4, -0.2) is 21.8 Å². The number of Topliss-reactive ketones (excluding diaryl/α,β-unsaturated/α-hetero) is 1. The summed E-state index contributed by atoms with van der Waals surface area (Å²) in [6, 6.07) is 7.94. The number of carbonyl (C=O) groups excluding carboxylic acids is 2. The quantitative estimate of drug-likeness (QED) is 0.876. The van der Waals surface area contributed by atoms with Crippen molar-refractivity contribution in [1.82, 2.24) is 4.98 Å². The van der Waals surface area contributed by atoms with E-state index in [1.165, 1.54) is 4.90 Å². The summed E-state index contributed by atoms with van der Waals surface area (Å²) in [7, 11) is 0. The largest absolute Gasteiger partial charge is 0.503 e. The number of aliphatic hydroxyl groups excluding tert-OH is 1. The monoisotopic (exact) mass is 370 g/mol. The van der Waals surface area contributed by atoms with Crippen molar-refractivity contribution in [2.75, 3.05) is 4.90 Å². The Bertz CT molecular complexity index is 907. The van der Waals surface area contributed by atoms with E-state index in [-0.39, 0.29) is 17.3 Å². The van der Waals surface area contributed by atoms with Gasteiger partial charge in [-0.15, -0.1) is 0 Å². The van der Waals surface area contributed by atoms with E-state index in [2.05, 4.69) is 4.98 Å². The van der Waals surface area contributed by atoms with Crippen LogP contribution in [-0.2, 0) is 9.59 Å². The summed E-state index contributed by atoms with van der Waals surface area (Å²) in [6.07, 6.45) is 3.19. The number of nitrogens with zero attached hydrogens (tertiary/aromatic N) is 2. The smallest absolute Gasteiger partial charge is 0.294 e. The van der Waals surface area contributed by atoms with Gasteiger partial charge in [0.1, 0.15) is 0 Å². The standard InChI is InChI=1S/C20H19ClN2O3/c1-11(2)18(24)16-17(13-6-8-22-9-7-13)23(20(26)19(16)25)15-10-14(21)5-4-12(15)3/h4-11,17,25H,1-3H3. The van der Waals surface area contributed by atoms with Gasteiger partial charge in [-0.25, -0.2) is 0 Å². The van der Waals surface area contributed by atoms with E-state index < -0.39 is 17.7 Å². The fourth-order valence-electron chi connectivity index (χ4n) is 3.12. The first-order chi connectivity index (χ1) is 12.3. The van der Waals surface area contributed by atoms with E-state index in [0.29, 0.717) is 16.3 Å². The van der Waals surface area contributed by atoms with E-state index in [9.17, 15) is 14.7 Å². The molecule has 0 radical (unpaired) electrons. The van der Waals surface area contributed by atoms with Crippen LogP contribution in [0, 0.1) is 12.8 Å². The predicted octanol–water partition coefficient (Wildman–Crippen LogP) is 4.17. The molecule has 1 aromatic heterocycles. The molecule has 1 N–H and O–H groups in total. The summed E-state index contributed by atoms with van der Waals surface area (Å²) < 4.78 is 0. The molecule has 1 unspecified atom stereocenters. The van der Waals surface area contributed by atoms with Crippen LogP contribution in [0.4, 0.5) is 5.69 Å². The van der Waals surface area contributed by atoms with Crippen molar-refractivity contribution in [1.29, 1.82) is 0 Å². The van der Waals surface area contributed by atoms with Gasteiger partial charge in [-0.3, -0.25) is 19.5 Å². The lowest BCUT2D eigenvalue weighted by Crippen LogP contribution is -2.32. The Hall–Kier alpha value is -2.66. The number of aryl methyl sites for hydroxylation is 1. The number of anilines is 1. The number of pyridine rings is 1. The Morgan fingerprint density at radius 3 is 2.50 bits per heavy atom. The molecule has 1 aromatic carbocycles. The van der Waals surface area contributed by atoms with Gasteiger partial charge in [0.05, 0.1) is 11.6 Å². The molecule has 134 valence electrons. The number of aliphatic hydroxyl groups is 1. The highest BCUT2D eigenvalue weighted by Gasteiger charge is 2.45. The second kappa shape index (κ2) is 6.92. The zero-order valence-corrected chi connectivity index (χ0v) is 15.5. The summed E-state index contributed by atoms with van der Waals surface area (Å²) in [5, 5.41) is 11.0. The fraction of sp³-hybridized carbons (Fsp3) is 0.250. The maximum absolute atomic E-state index is 12.9. The number of carbonyl (C=O) groups is 2. The molecule has 0 saturated carbocycles. The van der Waals surface area contributed by atoms with E-state index in [0.717, 1.165) is 5.56 Å². The molecule has 0 saturated heterocycles. The molecule has 2 heterocycles. The van der Waals surface area contributed by atoms with E-state index in [1.807, 2.05) is 6.92 Å². The van der Waals surface area contributed by atoms with Crippen LogP contribution in [0.1, 0.15) is 31.0 Å². The number of amides is 1. The molecule has 3 rings (SSSR count).